The van der Waals surface area contributed by atoms with Gasteiger partial charge in [0.15, 0.2) is 0 Å². The minimum atomic E-state index is -0.361. The number of rotatable bonds is 3. The molecule has 0 aliphatic rings. The lowest BCUT2D eigenvalue weighted by molar-refractivity contribution is 0.626. The van der Waals surface area contributed by atoms with E-state index in [-0.39, 0.29) is 11.2 Å². The van der Waals surface area contributed by atoms with E-state index in [2.05, 4.69) is 4.98 Å². The molecule has 0 aliphatic heterocycles. The number of fused-ring (bicyclic) bond motifs is 1. The molecule has 0 saturated carbocycles. The van der Waals surface area contributed by atoms with Gasteiger partial charge in [-0.25, -0.2) is 4.79 Å². The third kappa shape index (κ3) is 1.92. The van der Waals surface area contributed by atoms with Crippen molar-refractivity contribution >= 4 is 33.2 Å². The molecule has 2 rings (SSSR count). The van der Waals surface area contributed by atoms with E-state index in [0.29, 0.717) is 29.1 Å². The van der Waals surface area contributed by atoms with Gasteiger partial charge in [0, 0.05) is 17.3 Å². The van der Waals surface area contributed by atoms with Crippen LogP contribution in [-0.4, -0.2) is 15.4 Å². The summed E-state index contributed by atoms with van der Waals surface area (Å²) in [5.41, 5.74) is 0.0435. The van der Waals surface area contributed by atoms with Crippen molar-refractivity contribution in [2.75, 3.05) is 5.88 Å². The Morgan fingerprint density at radius 2 is 2.25 bits per heavy atom. The van der Waals surface area contributed by atoms with Crippen LogP contribution in [0.2, 0.25) is 0 Å². The highest BCUT2D eigenvalue weighted by atomic mass is 35.5. The van der Waals surface area contributed by atoms with Crippen LogP contribution in [0.3, 0.4) is 0 Å². The Balaban J connectivity index is 2.65. The maximum atomic E-state index is 12.0. The highest BCUT2D eigenvalue weighted by Crippen LogP contribution is 2.18. The van der Waals surface area contributed by atoms with Crippen LogP contribution in [0.5, 0.6) is 0 Å². The molecule has 0 fully saturated rings. The molecule has 0 spiro atoms. The number of hydrogen-bond donors (Lipinski definition) is 1. The van der Waals surface area contributed by atoms with Gasteiger partial charge in [-0.15, -0.1) is 22.9 Å². The van der Waals surface area contributed by atoms with Gasteiger partial charge in [0.1, 0.15) is 4.70 Å². The third-order valence-corrected chi connectivity index (χ3v) is 3.60. The molecule has 2 aromatic rings. The van der Waals surface area contributed by atoms with Crippen molar-refractivity contribution in [1.82, 2.24) is 9.55 Å². The molecule has 0 radical (unpaired) electrons. The Bertz CT molecular complexity index is 626. The average Bonchev–Trinajstić information content (AvgIpc) is 2.59. The molecule has 0 amide bonds. The number of aromatic nitrogens is 2. The largest absolute Gasteiger partial charge is 0.328 e. The molecule has 0 aromatic carbocycles. The van der Waals surface area contributed by atoms with Crippen LogP contribution in [0.25, 0.3) is 10.2 Å². The number of aryl methyl sites for hydroxylation is 1. The van der Waals surface area contributed by atoms with Gasteiger partial charge >= 0.3 is 5.69 Å². The molecule has 1 N–H and O–H groups in total. The first-order valence-corrected chi connectivity index (χ1v) is 6.28. The number of thiophene rings is 1. The van der Waals surface area contributed by atoms with Crippen molar-refractivity contribution in [3.05, 3.63) is 31.8 Å². The third-order valence-electron chi connectivity index (χ3n) is 2.30. The van der Waals surface area contributed by atoms with E-state index in [1.54, 1.807) is 0 Å². The van der Waals surface area contributed by atoms with Crippen molar-refractivity contribution < 1.29 is 0 Å². The Morgan fingerprint density at radius 1 is 1.50 bits per heavy atom. The van der Waals surface area contributed by atoms with Crippen LogP contribution in [0, 0.1) is 6.92 Å². The SMILES string of the molecule is Cc1cc2[nH]c(=O)n(CCCCl)c(=O)c2s1. The van der Waals surface area contributed by atoms with Crippen molar-refractivity contribution in [2.24, 2.45) is 0 Å². The van der Waals surface area contributed by atoms with E-state index < -0.39 is 0 Å². The van der Waals surface area contributed by atoms with E-state index in [4.69, 9.17) is 11.6 Å². The predicted octanol–water partition coefficient (Wildman–Crippen LogP) is 1.69. The molecule has 0 unspecified atom stereocenters. The molecule has 16 heavy (non-hydrogen) atoms. The molecule has 0 bridgehead atoms. The number of halogens is 1. The first kappa shape index (κ1) is 11.4. The molecule has 4 nitrogen and oxygen atoms in total. The lowest BCUT2D eigenvalue weighted by Gasteiger charge is -2.01. The number of nitrogens with zero attached hydrogens (tertiary/aromatic N) is 1. The molecule has 0 aliphatic carbocycles. The lowest BCUT2D eigenvalue weighted by Crippen LogP contribution is -2.34. The molecular formula is C10H11ClN2O2S. The predicted molar refractivity (Wildman–Crippen MR) is 66.8 cm³/mol. The molecule has 2 aromatic heterocycles. The van der Waals surface area contributed by atoms with E-state index in [1.807, 2.05) is 13.0 Å². The summed E-state index contributed by atoms with van der Waals surface area (Å²) in [6.07, 6.45) is 0.612. The van der Waals surface area contributed by atoms with Crippen LogP contribution in [0.4, 0.5) is 0 Å². The van der Waals surface area contributed by atoms with E-state index in [0.717, 1.165) is 4.88 Å². The van der Waals surface area contributed by atoms with Gasteiger partial charge in [0.2, 0.25) is 0 Å². The van der Waals surface area contributed by atoms with Gasteiger partial charge in [-0.1, -0.05) is 0 Å². The molecule has 6 heteroatoms. The molecule has 0 atom stereocenters. The second kappa shape index (κ2) is 4.43. The second-order valence-corrected chi connectivity index (χ2v) is 5.16. The van der Waals surface area contributed by atoms with E-state index in [9.17, 15) is 9.59 Å². The van der Waals surface area contributed by atoms with E-state index >= 15 is 0 Å². The van der Waals surface area contributed by atoms with Crippen molar-refractivity contribution in [3.63, 3.8) is 0 Å². The maximum Gasteiger partial charge on any atom is 0.328 e. The van der Waals surface area contributed by atoms with Crippen molar-refractivity contribution in [2.45, 2.75) is 19.9 Å². The number of hydrogen-bond acceptors (Lipinski definition) is 3. The topological polar surface area (TPSA) is 54.9 Å². The maximum absolute atomic E-state index is 12.0. The quantitative estimate of drug-likeness (QED) is 0.852. The molecule has 86 valence electrons. The minimum absolute atomic E-state index is 0.220. The van der Waals surface area contributed by atoms with Gasteiger partial charge < -0.3 is 4.98 Å². The summed E-state index contributed by atoms with van der Waals surface area (Å²) in [5.74, 6) is 0.438. The first-order chi connectivity index (χ1) is 7.63. The van der Waals surface area contributed by atoms with Crippen LogP contribution >= 0.6 is 22.9 Å². The first-order valence-electron chi connectivity index (χ1n) is 4.92. The van der Waals surface area contributed by atoms with Gasteiger partial charge in [-0.3, -0.25) is 9.36 Å². The zero-order valence-corrected chi connectivity index (χ0v) is 10.3. The minimum Gasteiger partial charge on any atom is -0.306 e. The fourth-order valence-electron chi connectivity index (χ4n) is 1.58. The Kier molecular flexibility index (Phi) is 3.16. The summed E-state index contributed by atoms with van der Waals surface area (Å²) in [5, 5.41) is 0. The smallest absolute Gasteiger partial charge is 0.306 e. The van der Waals surface area contributed by atoms with Crippen LogP contribution in [0.1, 0.15) is 11.3 Å². The average molecular weight is 259 g/mol. The summed E-state index contributed by atoms with van der Waals surface area (Å²) in [7, 11) is 0. The number of H-pyrrole nitrogens is 1. The Labute approximate surface area is 100 Å². The second-order valence-electron chi connectivity index (χ2n) is 3.53. The zero-order valence-electron chi connectivity index (χ0n) is 8.75. The summed E-state index contributed by atoms with van der Waals surface area (Å²) in [4.78, 5) is 27.3. The Morgan fingerprint density at radius 3 is 2.94 bits per heavy atom. The monoisotopic (exact) mass is 258 g/mol. The van der Waals surface area contributed by atoms with Gasteiger partial charge in [-0.2, -0.15) is 0 Å². The van der Waals surface area contributed by atoms with Gasteiger partial charge in [0.05, 0.1) is 5.52 Å². The normalized spacial score (nSPS) is 11.1. The summed E-state index contributed by atoms with van der Waals surface area (Å²) < 4.78 is 1.81. The van der Waals surface area contributed by atoms with Crippen LogP contribution in [-0.2, 0) is 6.54 Å². The van der Waals surface area contributed by atoms with Crippen LogP contribution < -0.4 is 11.2 Å². The van der Waals surface area contributed by atoms with Gasteiger partial charge in [-0.05, 0) is 19.4 Å². The molecular weight excluding hydrogens is 248 g/mol. The van der Waals surface area contributed by atoms with Crippen molar-refractivity contribution in [1.29, 1.82) is 0 Å². The lowest BCUT2D eigenvalue weighted by atomic mass is 10.4. The highest BCUT2D eigenvalue weighted by Gasteiger charge is 2.09. The van der Waals surface area contributed by atoms with Crippen LogP contribution in [0.15, 0.2) is 15.7 Å². The highest BCUT2D eigenvalue weighted by molar-refractivity contribution is 7.18. The number of alkyl halides is 1. The molecule has 0 saturated heterocycles. The number of aromatic amines is 1. The summed E-state index contributed by atoms with van der Waals surface area (Å²) in [6.45, 7) is 2.27. The fraction of sp³-hybridized carbons (Fsp3) is 0.400. The van der Waals surface area contributed by atoms with Crippen molar-refractivity contribution in [3.8, 4) is 0 Å². The zero-order chi connectivity index (χ0) is 11.7. The number of nitrogens with one attached hydrogen (secondary N) is 1. The summed E-state index contributed by atoms with van der Waals surface area (Å²) in [6, 6.07) is 1.81. The fourth-order valence-corrected chi connectivity index (χ4v) is 2.62. The standard InChI is InChI=1S/C10H11ClN2O2S/c1-6-5-7-8(16-6)9(14)13(4-2-3-11)10(15)12-7/h5H,2-4H2,1H3,(H,12,15). The van der Waals surface area contributed by atoms with Gasteiger partial charge in [0.25, 0.3) is 5.56 Å². The molecule has 2 heterocycles. The van der Waals surface area contributed by atoms with E-state index in [1.165, 1.54) is 15.9 Å². The Hall–Kier alpha value is -1.07. The summed E-state index contributed by atoms with van der Waals surface area (Å²) >= 11 is 6.95.